The van der Waals surface area contributed by atoms with E-state index in [1.54, 1.807) is 0 Å². The zero-order chi connectivity index (χ0) is 18.8. The number of benzene rings is 2. The Balaban J connectivity index is 1.41. The van der Waals surface area contributed by atoms with Gasteiger partial charge < -0.3 is 15.0 Å². The summed E-state index contributed by atoms with van der Waals surface area (Å²) in [5.74, 6) is 0.758. The number of piperidine rings is 1. The topological polar surface area (TPSA) is 41.6 Å². The minimum atomic E-state index is 0.0644. The lowest BCUT2D eigenvalue weighted by molar-refractivity contribution is 0.0681. The van der Waals surface area contributed by atoms with Crippen LogP contribution in [0, 0.1) is 0 Å². The fourth-order valence-corrected chi connectivity index (χ4v) is 4.44. The molecule has 2 aliphatic rings. The van der Waals surface area contributed by atoms with Gasteiger partial charge in [0.1, 0.15) is 12.4 Å². The number of carbonyl (C=O) groups is 1. The third kappa shape index (κ3) is 4.28. The number of fused-ring (bicyclic) bond motifs is 2. The minimum Gasteiger partial charge on any atom is -0.489 e. The molecular weight excluding hydrogens is 360 g/mol. The molecule has 1 N–H and O–H groups in total. The highest BCUT2D eigenvalue weighted by atomic mass is 35.5. The van der Waals surface area contributed by atoms with Gasteiger partial charge in [0.2, 0.25) is 0 Å². The molecule has 2 aliphatic heterocycles. The maximum Gasteiger partial charge on any atom is 0.253 e. The first-order chi connectivity index (χ1) is 13.1. The summed E-state index contributed by atoms with van der Waals surface area (Å²) in [7, 11) is 1.93. The maximum absolute atomic E-state index is 13.0. The number of ether oxygens (including phenoxy) is 1. The van der Waals surface area contributed by atoms with Crippen LogP contribution in [0.15, 0.2) is 48.5 Å². The minimum absolute atomic E-state index is 0.0644. The number of nitrogens with one attached hydrogen (secondary N) is 1. The van der Waals surface area contributed by atoms with Gasteiger partial charge in [0, 0.05) is 35.8 Å². The highest BCUT2D eigenvalue weighted by molar-refractivity contribution is 6.30. The fourth-order valence-electron chi connectivity index (χ4n) is 4.23. The van der Waals surface area contributed by atoms with Gasteiger partial charge in [0.25, 0.3) is 5.91 Å². The van der Waals surface area contributed by atoms with Crippen molar-refractivity contribution in [2.24, 2.45) is 0 Å². The molecule has 0 saturated carbocycles. The lowest BCUT2D eigenvalue weighted by Gasteiger charge is -2.35. The smallest absolute Gasteiger partial charge is 0.253 e. The third-order valence-electron chi connectivity index (χ3n) is 5.69. The molecule has 0 aromatic heterocycles. The van der Waals surface area contributed by atoms with Crippen molar-refractivity contribution in [2.75, 3.05) is 7.05 Å². The Hall–Kier alpha value is -2.04. The molecule has 5 heteroatoms. The molecular formula is C22H25ClN2O2. The quantitative estimate of drug-likeness (QED) is 0.836. The van der Waals surface area contributed by atoms with Gasteiger partial charge in [0.15, 0.2) is 0 Å². The van der Waals surface area contributed by atoms with Gasteiger partial charge in [0.05, 0.1) is 0 Å². The second-order valence-corrected chi connectivity index (χ2v) is 8.06. The van der Waals surface area contributed by atoms with Crippen molar-refractivity contribution in [3.8, 4) is 5.75 Å². The summed E-state index contributed by atoms with van der Waals surface area (Å²) in [5, 5.41) is 4.32. The van der Waals surface area contributed by atoms with Crippen molar-refractivity contribution in [3.05, 3.63) is 64.7 Å². The van der Waals surface area contributed by atoms with E-state index in [0.29, 0.717) is 41.1 Å². The zero-order valence-corrected chi connectivity index (χ0v) is 16.3. The summed E-state index contributed by atoms with van der Waals surface area (Å²) in [4.78, 5) is 14.9. The first-order valence-electron chi connectivity index (χ1n) is 9.59. The summed E-state index contributed by atoms with van der Waals surface area (Å²) < 4.78 is 5.87. The lowest BCUT2D eigenvalue weighted by Crippen LogP contribution is -2.48. The summed E-state index contributed by atoms with van der Waals surface area (Å²) in [5.41, 5.74) is 1.67. The molecule has 2 heterocycles. The summed E-state index contributed by atoms with van der Waals surface area (Å²) in [6.07, 6.45) is 4.56. The number of hydrogen-bond acceptors (Lipinski definition) is 3. The molecule has 2 bridgehead atoms. The van der Waals surface area contributed by atoms with Gasteiger partial charge >= 0.3 is 0 Å². The summed E-state index contributed by atoms with van der Waals surface area (Å²) in [6.45, 7) is 0.422. The van der Waals surface area contributed by atoms with Crippen molar-refractivity contribution in [1.82, 2.24) is 10.2 Å². The lowest BCUT2D eigenvalue weighted by atomic mass is 9.98. The van der Waals surface area contributed by atoms with Crippen LogP contribution in [0.25, 0.3) is 0 Å². The van der Waals surface area contributed by atoms with Gasteiger partial charge in [-0.2, -0.15) is 0 Å². The van der Waals surface area contributed by atoms with Crippen molar-refractivity contribution in [3.63, 3.8) is 0 Å². The Morgan fingerprint density at radius 1 is 1.15 bits per heavy atom. The van der Waals surface area contributed by atoms with Gasteiger partial charge in [-0.05, 0) is 61.6 Å². The molecule has 1 amide bonds. The van der Waals surface area contributed by atoms with Crippen LogP contribution < -0.4 is 10.1 Å². The predicted molar refractivity (Wildman–Crippen MR) is 107 cm³/mol. The van der Waals surface area contributed by atoms with Gasteiger partial charge in [-0.15, -0.1) is 0 Å². The van der Waals surface area contributed by atoms with Crippen molar-refractivity contribution < 1.29 is 9.53 Å². The SMILES string of the molecule is CN(C(=O)c1cccc(OCc2cccc(Cl)c2)c1)C1CC2CCC(C1)N2. The molecule has 2 unspecified atom stereocenters. The highest BCUT2D eigenvalue weighted by Crippen LogP contribution is 2.30. The van der Waals surface area contributed by atoms with E-state index in [4.69, 9.17) is 16.3 Å². The second-order valence-electron chi connectivity index (χ2n) is 7.63. The number of halogens is 1. The molecule has 2 atom stereocenters. The molecule has 2 aromatic carbocycles. The normalized spacial score (nSPS) is 23.9. The van der Waals surface area contributed by atoms with E-state index < -0.39 is 0 Å². The zero-order valence-electron chi connectivity index (χ0n) is 15.5. The predicted octanol–water partition coefficient (Wildman–Crippen LogP) is 4.27. The van der Waals surface area contributed by atoms with Crippen LogP contribution in [0.3, 0.4) is 0 Å². The highest BCUT2D eigenvalue weighted by Gasteiger charge is 2.36. The third-order valence-corrected chi connectivity index (χ3v) is 5.93. The first-order valence-corrected chi connectivity index (χ1v) is 9.97. The van der Waals surface area contributed by atoms with Gasteiger partial charge in [-0.3, -0.25) is 4.79 Å². The Morgan fingerprint density at radius 2 is 1.89 bits per heavy atom. The van der Waals surface area contributed by atoms with Gasteiger partial charge in [-0.25, -0.2) is 0 Å². The average molecular weight is 385 g/mol. The van der Waals surface area contributed by atoms with Crippen LogP contribution in [-0.2, 0) is 6.61 Å². The van der Waals surface area contributed by atoms with Crippen molar-refractivity contribution in [2.45, 2.75) is 50.4 Å². The van der Waals surface area contributed by atoms with E-state index in [2.05, 4.69) is 5.32 Å². The Morgan fingerprint density at radius 3 is 2.63 bits per heavy atom. The fraction of sp³-hybridized carbons (Fsp3) is 0.409. The number of rotatable bonds is 5. The van der Waals surface area contributed by atoms with E-state index in [9.17, 15) is 4.79 Å². The summed E-state index contributed by atoms with van der Waals surface area (Å²) >= 11 is 6.02. The molecule has 4 nitrogen and oxygen atoms in total. The number of amides is 1. The van der Waals surface area contributed by atoms with Crippen LogP contribution in [0.5, 0.6) is 5.75 Å². The van der Waals surface area contributed by atoms with Crippen LogP contribution in [0.4, 0.5) is 0 Å². The maximum atomic E-state index is 13.0. The van der Waals surface area contributed by atoms with Crippen LogP contribution in [-0.4, -0.2) is 36.0 Å². The van der Waals surface area contributed by atoms with Gasteiger partial charge in [-0.1, -0.05) is 29.8 Å². The van der Waals surface area contributed by atoms with Crippen LogP contribution in [0.1, 0.15) is 41.6 Å². The molecule has 142 valence electrons. The van der Waals surface area contributed by atoms with E-state index in [0.717, 1.165) is 18.4 Å². The Bertz CT molecular complexity index is 813. The van der Waals surface area contributed by atoms with E-state index in [-0.39, 0.29) is 5.91 Å². The van der Waals surface area contributed by atoms with Crippen molar-refractivity contribution >= 4 is 17.5 Å². The molecule has 27 heavy (non-hydrogen) atoms. The summed E-state index contributed by atoms with van der Waals surface area (Å²) in [6, 6.07) is 16.5. The van der Waals surface area contributed by atoms with E-state index in [1.165, 1.54) is 12.8 Å². The molecule has 4 rings (SSSR count). The van der Waals surface area contributed by atoms with E-state index >= 15 is 0 Å². The van der Waals surface area contributed by atoms with Crippen LogP contribution >= 0.6 is 11.6 Å². The molecule has 0 aliphatic carbocycles. The Labute approximate surface area is 165 Å². The van der Waals surface area contributed by atoms with Crippen LogP contribution in [0.2, 0.25) is 5.02 Å². The second kappa shape index (κ2) is 7.91. The molecule has 2 aromatic rings. The molecule has 0 spiro atoms. The standard InChI is InChI=1S/C22H25ClN2O2/c1-25(20-12-18-8-9-19(13-20)24-18)22(26)16-5-3-7-21(11-16)27-14-15-4-2-6-17(23)10-15/h2-7,10-11,18-20,24H,8-9,12-14H2,1H3. The number of carbonyl (C=O) groups excluding carboxylic acids is 1. The molecule has 2 saturated heterocycles. The molecule has 2 fully saturated rings. The largest absolute Gasteiger partial charge is 0.489 e. The molecule has 0 radical (unpaired) electrons. The monoisotopic (exact) mass is 384 g/mol. The number of hydrogen-bond donors (Lipinski definition) is 1. The average Bonchev–Trinajstić information content (AvgIpc) is 3.03. The number of nitrogens with zero attached hydrogens (tertiary/aromatic N) is 1. The van der Waals surface area contributed by atoms with Crippen molar-refractivity contribution in [1.29, 1.82) is 0 Å². The van der Waals surface area contributed by atoms with E-state index in [1.807, 2.05) is 60.5 Å². The first kappa shape index (κ1) is 18.3. The Kier molecular flexibility index (Phi) is 5.37.